The highest BCUT2D eigenvalue weighted by molar-refractivity contribution is 6.08. The number of para-hydroxylation sites is 1. The maximum absolute atomic E-state index is 13.1. The molecule has 150 valence electrons. The third-order valence-electron chi connectivity index (χ3n) is 4.96. The smallest absolute Gasteiger partial charge is 0.282 e. The Morgan fingerprint density at radius 3 is 2.70 bits per heavy atom. The number of carbonyl (C=O) groups is 1. The van der Waals surface area contributed by atoms with Crippen LogP contribution < -0.4 is 20.3 Å². The molecular weight excluding hydrogens is 384 g/mol. The number of aryl methyl sites for hydroxylation is 1. The SMILES string of the molecule is CCn1cc(C(=O)Nc2ccc3c(c2)OCO3)c2nn(-c3ccccc3)c(=O)c-2c1. The number of benzene rings is 2. The number of nitrogens with one attached hydrogen (secondary N) is 1. The number of rotatable bonds is 4. The van der Waals surface area contributed by atoms with Crippen LogP contribution in [0.15, 0.2) is 65.7 Å². The number of aromatic nitrogens is 3. The first-order valence-corrected chi connectivity index (χ1v) is 9.53. The standard InChI is InChI=1S/C22H18N4O4/c1-2-25-11-16(21(27)23-14-8-9-18-19(10-14)30-13-29-18)20-17(12-25)22(28)26(24-20)15-6-4-3-5-7-15/h3-12H,2,13H2,1H3,(H,23,27). The minimum absolute atomic E-state index is 0.158. The number of fused-ring (bicyclic) bond motifs is 2. The van der Waals surface area contributed by atoms with Gasteiger partial charge in [0.05, 0.1) is 16.8 Å². The molecule has 0 aliphatic carbocycles. The molecule has 3 aliphatic rings. The van der Waals surface area contributed by atoms with Crippen LogP contribution in [0, 0.1) is 0 Å². The van der Waals surface area contributed by atoms with E-state index in [9.17, 15) is 9.59 Å². The molecule has 30 heavy (non-hydrogen) atoms. The molecule has 0 saturated heterocycles. The lowest BCUT2D eigenvalue weighted by Crippen LogP contribution is -2.17. The number of ether oxygens (including phenoxy) is 2. The number of amides is 1. The second-order valence-electron chi connectivity index (χ2n) is 6.84. The summed E-state index contributed by atoms with van der Waals surface area (Å²) in [5.74, 6) is 0.848. The van der Waals surface area contributed by atoms with Crippen LogP contribution >= 0.6 is 0 Å². The number of hydrogen-bond donors (Lipinski definition) is 1. The summed E-state index contributed by atoms with van der Waals surface area (Å²) in [7, 11) is 0. The molecular formula is C22H18N4O4. The zero-order valence-electron chi connectivity index (χ0n) is 16.2. The molecule has 0 fully saturated rings. The first-order chi connectivity index (χ1) is 14.6. The Balaban J connectivity index is 1.57. The molecule has 0 bridgehead atoms. The highest BCUT2D eigenvalue weighted by atomic mass is 16.7. The molecule has 0 radical (unpaired) electrons. The summed E-state index contributed by atoms with van der Waals surface area (Å²) >= 11 is 0. The van der Waals surface area contributed by atoms with Crippen molar-refractivity contribution < 1.29 is 14.3 Å². The van der Waals surface area contributed by atoms with Gasteiger partial charge in [0.1, 0.15) is 5.69 Å². The Hall–Kier alpha value is -4.07. The van der Waals surface area contributed by atoms with Gasteiger partial charge in [0.15, 0.2) is 11.5 Å². The molecule has 0 aromatic heterocycles. The Bertz CT molecular complexity index is 1280. The lowest BCUT2D eigenvalue weighted by Gasteiger charge is -2.11. The van der Waals surface area contributed by atoms with Crippen LogP contribution in [0.5, 0.6) is 11.5 Å². The maximum Gasteiger partial charge on any atom is 0.282 e. The maximum atomic E-state index is 13.1. The third kappa shape index (κ3) is 2.98. The van der Waals surface area contributed by atoms with Crippen LogP contribution in [0.4, 0.5) is 5.69 Å². The zero-order valence-corrected chi connectivity index (χ0v) is 16.2. The van der Waals surface area contributed by atoms with Crippen molar-refractivity contribution in [1.29, 1.82) is 0 Å². The fraction of sp³-hybridized carbons (Fsp3) is 0.136. The average Bonchev–Trinajstić information content (AvgIpc) is 3.37. The molecule has 0 saturated carbocycles. The topological polar surface area (TPSA) is 87.4 Å². The summed E-state index contributed by atoms with van der Waals surface area (Å²) in [6, 6.07) is 14.3. The minimum Gasteiger partial charge on any atom is -0.454 e. The average molecular weight is 402 g/mol. The van der Waals surface area contributed by atoms with E-state index in [0.29, 0.717) is 46.2 Å². The predicted molar refractivity (Wildman–Crippen MR) is 111 cm³/mol. The molecule has 3 aliphatic heterocycles. The van der Waals surface area contributed by atoms with Gasteiger partial charge in [-0.2, -0.15) is 9.78 Å². The van der Waals surface area contributed by atoms with Gasteiger partial charge in [-0.3, -0.25) is 9.59 Å². The summed E-state index contributed by atoms with van der Waals surface area (Å²) in [5.41, 5.74) is 2.00. The normalized spacial score (nSPS) is 12.3. The van der Waals surface area contributed by atoms with Crippen molar-refractivity contribution in [1.82, 2.24) is 14.3 Å². The second kappa shape index (κ2) is 7.07. The highest BCUT2D eigenvalue weighted by Gasteiger charge is 2.25. The van der Waals surface area contributed by atoms with E-state index >= 15 is 0 Å². The fourth-order valence-corrected chi connectivity index (χ4v) is 3.43. The van der Waals surface area contributed by atoms with Crippen molar-refractivity contribution in [2.75, 3.05) is 12.1 Å². The van der Waals surface area contributed by atoms with Gasteiger partial charge >= 0.3 is 0 Å². The van der Waals surface area contributed by atoms with Gasteiger partial charge in [-0.05, 0) is 31.2 Å². The Labute approximate surface area is 171 Å². The van der Waals surface area contributed by atoms with Crippen LogP contribution in [-0.2, 0) is 6.54 Å². The van der Waals surface area contributed by atoms with E-state index in [1.54, 1.807) is 47.3 Å². The van der Waals surface area contributed by atoms with Crippen molar-refractivity contribution in [3.63, 3.8) is 0 Å². The Morgan fingerprint density at radius 2 is 1.90 bits per heavy atom. The number of carbonyl (C=O) groups excluding carboxylic acids is 1. The number of nitrogens with zero attached hydrogens (tertiary/aromatic N) is 3. The van der Waals surface area contributed by atoms with Gasteiger partial charge in [-0.15, -0.1) is 0 Å². The van der Waals surface area contributed by atoms with Gasteiger partial charge in [-0.1, -0.05) is 18.2 Å². The van der Waals surface area contributed by atoms with Crippen LogP contribution in [0.2, 0.25) is 0 Å². The predicted octanol–water partition coefficient (Wildman–Crippen LogP) is 3.14. The van der Waals surface area contributed by atoms with Crippen LogP contribution in [0.3, 0.4) is 0 Å². The molecule has 2 aromatic carbocycles. The largest absolute Gasteiger partial charge is 0.454 e. The van der Waals surface area contributed by atoms with E-state index < -0.39 is 0 Å². The summed E-state index contributed by atoms with van der Waals surface area (Å²) in [6.07, 6.45) is 3.42. The van der Waals surface area contributed by atoms with Gasteiger partial charge in [-0.25, -0.2) is 0 Å². The Morgan fingerprint density at radius 1 is 1.10 bits per heavy atom. The third-order valence-corrected chi connectivity index (χ3v) is 4.96. The number of pyridine rings is 1. The molecule has 0 atom stereocenters. The minimum atomic E-state index is -0.362. The highest BCUT2D eigenvalue weighted by Crippen LogP contribution is 2.34. The molecule has 8 nitrogen and oxygen atoms in total. The molecule has 1 amide bonds. The van der Waals surface area contributed by atoms with Crippen molar-refractivity contribution >= 4 is 11.6 Å². The van der Waals surface area contributed by atoms with E-state index in [-0.39, 0.29) is 18.3 Å². The Kier molecular flexibility index (Phi) is 4.24. The second-order valence-corrected chi connectivity index (χ2v) is 6.84. The van der Waals surface area contributed by atoms with Crippen LogP contribution in [-0.4, -0.2) is 27.0 Å². The van der Waals surface area contributed by atoms with Crippen LogP contribution in [0.1, 0.15) is 17.3 Å². The lowest BCUT2D eigenvalue weighted by atomic mass is 10.1. The molecule has 3 heterocycles. The lowest BCUT2D eigenvalue weighted by molar-refractivity contribution is 0.102. The molecule has 8 heteroatoms. The summed E-state index contributed by atoms with van der Waals surface area (Å²) in [4.78, 5) is 26.1. The quantitative estimate of drug-likeness (QED) is 0.567. The van der Waals surface area contributed by atoms with Gasteiger partial charge in [0, 0.05) is 30.7 Å². The zero-order chi connectivity index (χ0) is 20.7. The van der Waals surface area contributed by atoms with E-state index in [4.69, 9.17) is 9.47 Å². The van der Waals surface area contributed by atoms with Gasteiger partial charge in [0.2, 0.25) is 6.79 Å². The molecule has 2 aromatic rings. The number of hydrogen-bond acceptors (Lipinski definition) is 5. The summed E-state index contributed by atoms with van der Waals surface area (Å²) in [6.45, 7) is 2.71. The van der Waals surface area contributed by atoms with Crippen molar-refractivity contribution in [3.8, 4) is 28.4 Å². The molecule has 0 spiro atoms. The van der Waals surface area contributed by atoms with E-state index in [1.165, 1.54) is 4.68 Å². The van der Waals surface area contributed by atoms with Gasteiger partial charge < -0.3 is 19.4 Å². The molecule has 0 unspecified atom stereocenters. The fourth-order valence-electron chi connectivity index (χ4n) is 3.43. The van der Waals surface area contributed by atoms with Crippen molar-refractivity contribution in [2.45, 2.75) is 13.5 Å². The first kappa shape index (κ1) is 18.0. The van der Waals surface area contributed by atoms with E-state index in [1.807, 2.05) is 25.1 Å². The number of anilines is 1. The van der Waals surface area contributed by atoms with Crippen molar-refractivity contribution in [2.24, 2.45) is 0 Å². The van der Waals surface area contributed by atoms with E-state index in [0.717, 1.165) is 0 Å². The molecule has 5 rings (SSSR count). The monoisotopic (exact) mass is 402 g/mol. The van der Waals surface area contributed by atoms with Crippen LogP contribution in [0.25, 0.3) is 16.9 Å². The van der Waals surface area contributed by atoms with E-state index in [2.05, 4.69) is 10.4 Å². The summed E-state index contributed by atoms with van der Waals surface area (Å²) < 4.78 is 13.8. The first-order valence-electron chi connectivity index (χ1n) is 9.53. The van der Waals surface area contributed by atoms with Gasteiger partial charge in [0.25, 0.3) is 11.5 Å². The molecule has 1 N–H and O–H groups in total. The van der Waals surface area contributed by atoms with Crippen molar-refractivity contribution in [3.05, 3.63) is 76.8 Å². The summed E-state index contributed by atoms with van der Waals surface area (Å²) in [5, 5.41) is 7.32.